The molecule has 1 amide bonds. The molecule has 2 aromatic carbocycles. The highest BCUT2D eigenvalue weighted by Gasteiger charge is 2.26. The van der Waals surface area contributed by atoms with Crippen LogP contribution < -0.4 is 15.0 Å². The van der Waals surface area contributed by atoms with E-state index in [0.29, 0.717) is 50.6 Å². The van der Waals surface area contributed by atoms with Crippen molar-refractivity contribution in [3.8, 4) is 17.0 Å². The van der Waals surface area contributed by atoms with Gasteiger partial charge in [0.25, 0.3) is 5.91 Å². The van der Waals surface area contributed by atoms with Crippen LogP contribution in [0.15, 0.2) is 54.7 Å². The topological polar surface area (TPSA) is 58.9 Å². The second kappa shape index (κ2) is 9.02. The highest BCUT2D eigenvalue weighted by atomic mass is 35.5. The Morgan fingerprint density at radius 3 is 2.59 bits per heavy atom. The number of hydrogen-bond acceptors (Lipinski definition) is 4. The lowest BCUT2D eigenvalue weighted by Gasteiger charge is -2.27. The summed E-state index contributed by atoms with van der Waals surface area (Å²) in [5, 5.41) is 9.20. The van der Waals surface area contributed by atoms with E-state index in [-0.39, 0.29) is 11.9 Å². The van der Waals surface area contributed by atoms with Crippen LogP contribution in [-0.4, -0.2) is 36.2 Å². The van der Waals surface area contributed by atoms with Gasteiger partial charge in [-0.05, 0) is 30.3 Å². The average Bonchev–Trinajstić information content (AvgIpc) is 3.13. The van der Waals surface area contributed by atoms with Crippen molar-refractivity contribution in [3.63, 3.8) is 0 Å². The third-order valence-electron chi connectivity index (χ3n) is 5.82. The summed E-state index contributed by atoms with van der Waals surface area (Å²) in [4.78, 5) is 15.3. The molecule has 0 saturated carbocycles. The van der Waals surface area contributed by atoms with Gasteiger partial charge in [-0.1, -0.05) is 53.0 Å². The van der Waals surface area contributed by atoms with E-state index in [1.807, 2.05) is 43.3 Å². The number of nitrogens with zero attached hydrogens (tertiary/aromatic N) is 3. The zero-order valence-corrected chi connectivity index (χ0v) is 20.7. The summed E-state index contributed by atoms with van der Waals surface area (Å²) in [6.07, 6.45) is 2.25. The van der Waals surface area contributed by atoms with Gasteiger partial charge in [-0.25, -0.2) is 4.52 Å². The minimum Gasteiger partial charge on any atom is -0.493 e. The number of para-hydroxylation sites is 1. The first-order valence-corrected chi connectivity index (χ1v) is 11.8. The van der Waals surface area contributed by atoms with E-state index < -0.39 is 0 Å². The maximum absolute atomic E-state index is 13.4. The Morgan fingerprint density at radius 1 is 1.12 bits per heavy atom. The third kappa shape index (κ3) is 4.06. The molecule has 6 nitrogen and oxygen atoms in total. The van der Waals surface area contributed by atoms with E-state index in [1.54, 1.807) is 35.0 Å². The predicted octanol–water partition coefficient (Wildman–Crippen LogP) is 6.28. The third-order valence-corrected chi connectivity index (χ3v) is 6.55. The van der Waals surface area contributed by atoms with Crippen molar-refractivity contribution in [2.24, 2.45) is 0 Å². The van der Waals surface area contributed by atoms with E-state index in [2.05, 4.69) is 10.4 Å². The van der Waals surface area contributed by atoms with Crippen LogP contribution in [-0.2, 0) is 0 Å². The molecule has 0 aliphatic carbocycles. The smallest absolute Gasteiger partial charge is 0.255 e. The molecule has 3 heterocycles. The second-order valence-electron chi connectivity index (χ2n) is 8.30. The van der Waals surface area contributed by atoms with Crippen LogP contribution >= 0.6 is 34.8 Å². The van der Waals surface area contributed by atoms with Crippen molar-refractivity contribution < 1.29 is 9.53 Å². The number of benzene rings is 2. The monoisotopic (exact) mass is 514 g/mol. The molecular weight excluding hydrogens is 495 g/mol. The molecule has 0 bridgehead atoms. The number of anilines is 1. The number of aromatic nitrogens is 2. The highest BCUT2D eigenvalue weighted by molar-refractivity contribution is 6.36. The molecule has 9 heteroatoms. The summed E-state index contributed by atoms with van der Waals surface area (Å²) in [6.45, 7) is 0.541. The van der Waals surface area contributed by atoms with Crippen LogP contribution in [0.3, 0.4) is 0 Å². The van der Waals surface area contributed by atoms with Gasteiger partial charge in [-0.15, -0.1) is 0 Å². The molecule has 5 rings (SSSR count). The van der Waals surface area contributed by atoms with Gasteiger partial charge < -0.3 is 15.0 Å². The number of ether oxygens (including phenoxy) is 1. The summed E-state index contributed by atoms with van der Waals surface area (Å²) in [6, 6.07) is 14.6. The van der Waals surface area contributed by atoms with E-state index in [1.165, 1.54) is 0 Å². The quantitative estimate of drug-likeness (QED) is 0.347. The number of carbonyl (C=O) groups is 1. The predicted molar refractivity (Wildman–Crippen MR) is 137 cm³/mol. The molecule has 2 aromatic heterocycles. The van der Waals surface area contributed by atoms with Gasteiger partial charge in [-0.2, -0.15) is 5.10 Å². The average molecular weight is 516 g/mol. The fourth-order valence-corrected chi connectivity index (χ4v) is 5.21. The molecule has 1 atom stereocenters. The van der Waals surface area contributed by atoms with Crippen molar-refractivity contribution in [3.05, 3.63) is 80.9 Å². The van der Waals surface area contributed by atoms with E-state index in [0.717, 1.165) is 16.9 Å². The summed E-state index contributed by atoms with van der Waals surface area (Å²) < 4.78 is 7.44. The molecule has 0 spiro atoms. The van der Waals surface area contributed by atoms with Gasteiger partial charge in [-0.3, -0.25) is 4.79 Å². The molecule has 1 aliphatic heterocycles. The Kier molecular flexibility index (Phi) is 6.06. The molecule has 0 fully saturated rings. The molecule has 1 aliphatic rings. The minimum atomic E-state index is -0.218. The standard InChI is InChI=1S/C25H21Cl3N4O2/c1-31(2)24-18(25(33)30-20-7-8-34-22-6-4-3-5-17(20)22)13-29-32-21(24)12-19(28)23(32)14-9-15(26)11-16(27)10-14/h3-6,9-13,20H,7-8H2,1-2H3,(H,30,33)/t20-/m0/s1. The van der Waals surface area contributed by atoms with Gasteiger partial charge >= 0.3 is 0 Å². The van der Waals surface area contributed by atoms with Crippen molar-refractivity contribution in [2.45, 2.75) is 12.5 Å². The Labute approximate surface area is 212 Å². The summed E-state index contributed by atoms with van der Waals surface area (Å²) in [5.74, 6) is 0.578. The van der Waals surface area contributed by atoms with Crippen molar-refractivity contribution >= 4 is 51.9 Å². The molecule has 0 saturated heterocycles. The van der Waals surface area contributed by atoms with Crippen LogP contribution in [0.25, 0.3) is 16.8 Å². The Hall–Kier alpha value is -2.93. The van der Waals surface area contributed by atoms with Crippen LogP contribution in [0.1, 0.15) is 28.4 Å². The number of rotatable bonds is 4. The van der Waals surface area contributed by atoms with Crippen LogP contribution in [0, 0.1) is 0 Å². The molecular formula is C25H21Cl3N4O2. The number of fused-ring (bicyclic) bond motifs is 2. The largest absolute Gasteiger partial charge is 0.493 e. The minimum absolute atomic E-state index is 0.150. The van der Waals surface area contributed by atoms with E-state index >= 15 is 0 Å². The molecule has 1 N–H and O–H groups in total. The molecule has 34 heavy (non-hydrogen) atoms. The van der Waals surface area contributed by atoms with Gasteiger partial charge in [0.15, 0.2) is 0 Å². The zero-order chi connectivity index (χ0) is 24.0. The van der Waals surface area contributed by atoms with Crippen molar-refractivity contribution in [1.29, 1.82) is 0 Å². The van der Waals surface area contributed by atoms with E-state index in [9.17, 15) is 4.79 Å². The Balaban J connectivity index is 1.58. The van der Waals surface area contributed by atoms with Gasteiger partial charge in [0, 0.05) is 41.7 Å². The second-order valence-corrected chi connectivity index (χ2v) is 9.58. The highest BCUT2D eigenvalue weighted by Crippen LogP contribution is 2.38. The fourth-order valence-electron chi connectivity index (χ4n) is 4.39. The summed E-state index contributed by atoms with van der Waals surface area (Å²) >= 11 is 19.1. The molecule has 0 unspecified atom stereocenters. The first-order valence-electron chi connectivity index (χ1n) is 10.7. The van der Waals surface area contributed by atoms with Crippen LogP contribution in [0.4, 0.5) is 5.69 Å². The number of amides is 1. The van der Waals surface area contributed by atoms with Crippen LogP contribution in [0.2, 0.25) is 15.1 Å². The first kappa shape index (κ1) is 22.8. The molecule has 0 radical (unpaired) electrons. The lowest BCUT2D eigenvalue weighted by Crippen LogP contribution is -2.33. The number of halogens is 3. The lowest BCUT2D eigenvalue weighted by molar-refractivity contribution is 0.0925. The SMILES string of the molecule is CN(C)c1c(C(=O)N[C@H]2CCOc3ccccc32)cnn2c(-c3cc(Cl)cc(Cl)c3)c(Cl)cc12. The number of nitrogens with one attached hydrogen (secondary N) is 1. The molecule has 174 valence electrons. The summed E-state index contributed by atoms with van der Waals surface area (Å²) in [5.41, 5.74) is 4.19. The zero-order valence-electron chi connectivity index (χ0n) is 18.5. The Morgan fingerprint density at radius 2 is 1.85 bits per heavy atom. The number of carbonyl (C=O) groups excluding carboxylic acids is 1. The lowest BCUT2D eigenvalue weighted by atomic mass is 10.00. The maximum Gasteiger partial charge on any atom is 0.255 e. The summed E-state index contributed by atoms with van der Waals surface area (Å²) in [7, 11) is 3.76. The fraction of sp³-hybridized carbons (Fsp3) is 0.200. The van der Waals surface area contributed by atoms with E-state index in [4.69, 9.17) is 39.5 Å². The first-order chi connectivity index (χ1) is 16.3. The maximum atomic E-state index is 13.4. The van der Waals surface area contributed by atoms with Gasteiger partial charge in [0.05, 0.1) is 46.3 Å². The normalized spacial score (nSPS) is 15.0. The van der Waals surface area contributed by atoms with Crippen LogP contribution in [0.5, 0.6) is 5.75 Å². The van der Waals surface area contributed by atoms with Crippen molar-refractivity contribution in [1.82, 2.24) is 14.9 Å². The van der Waals surface area contributed by atoms with Gasteiger partial charge in [0.1, 0.15) is 5.75 Å². The number of hydrogen-bond donors (Lipinski definition) is 1. The molecule has 4 aromatic rings. The Bertz CT molecular complexity index is 1400. The van der Waals surface area contributed by atoms with Gasteiger partial charge in [0.2, 0.25) is 0 Å². The van der Waals surface area contributed by atoms with Crippen molar-refractivity contribution in [2.75, 3.05) is 25.6 Å².